The molecule has 164 valence electrons. The Bertz CT molecular complexity index is 1390. The minimum absolute atomic E-state index is 0.108. The van der Waals surface area contributed by atoms with Crippen molar-refractivity contribution in [2.75, 3.05) is 16.8 Å². The largest absolute Gasteiger partial charge is 0.324 e. The molecule has 0 aliphatic carbocycles. The highest BCUT2D eigenvalue weighted by Crippen LogP contribution is 2.61. The molecule has 3 aromatic carbocycles. The Balaban J connectivity index is 1.46. The van der Waals surface area contributed by atoms with Gasteiger partial charge in [0.05, 0.1) is 17.5 Å². The van der Waals surface area contributed by atoms with Gasteiger partial charge in [0.1, 0.15) is 5.54 Å². The third-order valence-corrected chi connectivity index (χ3v) is 8.16. The Kier molecular flexibility index (Phi) is 3.62. The fraction of sp³-hybridized carbons (Fsp3) is 0.296. The van der Waals surface area contributed by atoms with E-state index in [1.54, 1.807) is 0 Å². The van der Waals surface area contributed by atoms with E-state index in [0.29, 0.717) is 12.2 Å². The molecule has 4 aliphatic rings. The lowest BCUT2D eigenvalue weighted by Crippen LogP contribution is -2.54. The number of benzene rings is 3. The van der Waals surface area contributed by atoms with Gasteiger partial charge in [-0.05, 0) is 43.8 Å². The Morgan fingerprint density at radius 3 is 2.67 bits per heavy atom. The van der Waals surface area contributed by atoms with Crippen molar-refractivity contribution in [3.8, 4) is 0 Å². The highest BCUT2D eigenvalue weighted by Gasteiger charge is 2.74. The van der Waals surface area contributed by atoms with Crippen LogP contribution in [-0.4, -0.2) is 35.2 Å². The van der Waals surface area contributed by atoms with Crippen molar-refractivity contribution in [2.45, 2.75) is 31.3 Å². The first-order valence-corrected chi connectivity index (χ1v) is 11.6. The first kappa shape index (κ1) is 19.0. The van der Waals surface area contributed by atoms with Crippen LogP contribution in [0.3, 0.4) is 0 Å². The Morgan fingerprint density at radius 2 is 1.79 bits per heavy atom. The summed E-state index contributed by atoms with van der Waals surface area (Å²) < 4.78 is 0. The second-order valence-corrected chi connectivity index (χ2v) is 9.69. The molecule has 6 nitrogen and oxygen atoms in total. The van der Waals surface area contributed by atoms with Crippen LogP contribution in [0.1, 0.15) is 24.0 Å². The molecule has 3 fully saturated rings. The quantitative estimate of drug-likeness (QED) is 0.591. The van der Waals surface area contributed by atoms with Crippen molar-refractivity contribution in [1.82, 2.24) is 4.90 Å². The summed E-state index contributed by atoms with van der Waals surface area (Å²) in [5, 5.41) is 4.88. The van der Waals surface area contributed by atoms with Crippen molar-refractivity contribution in [3.05, 3.63) is 71.8 Å². The molecular formula is C27H23N3O3. The van der Waals surface area contributed by atoms with Crippen LogP contribution in [-0.2, 0) is 19.9 Å². The number of imide groups is 1. The lowest BCUT2D eigenvalue weighted by molar-refractivity contribution is -0.135. The molecule has 3 saturated heterocycles. The molecule has 1 N–H and O–H groups in total. The van der Waals surface area contributed by atoms with Gasteiger partial charge in [-0.25, -0.2) is 4.90 Å². The van der Waals surface area contributed by atoms with Gasteiger partial charge in [0, 0.05) is 22.7 Å². The van der Waals surface area contributed by atoms with Crippen LogP contribution in [0.4, 0.5) is 11.4 Å². The van der Waals surface area contributed by atoms with Crippen LogP contribution in [0.5, 0.6) is 0 Å². The number of rotatable bonds is 1. The molecule has 7 rings (SSSR count). The second-order valence-electron chi connectivity index (χ2n) is 9.69. The van der Waals surface area contributed by atoms with Crippen LogP contribution in [0.2, 0.25) is 0 Å². The van der Waals surface area contributed by atoms with Gasteiger partial charge in [-0.1, -0.05) is 54.1 Å². The zero-order chi connectivity index (χ0) is 22.5. The number of fused-ring (bicyclic) bond motifs is 8. The van der Waals surface area contributed by atoms with Gasteiger partial charge in [-0.2, -0.15) is 0 Å². The molecule has 0 bridgehead atoms. The van der Waals surface area contributed by atoms with E-state index in [0.717, 1.165) is 40.4 Å². The summed E-state index contributed by atoms with van der Waals surface area (Å²) in [7, 11) is 0. The Morgan fingerprint density at radius 1 is 0.970 bits per heavy atom. The van der Waals surface area contributed by atoms with Crippen LogP contribution in [0, 0.1) is 18.8 Å². The van der Waals surface area contributed by atoms with Gasteiger partial charge >= 0.3 is 0 Å². The zero-order valence-corrected chi connectivity index (χ0v) is 18.2. The van der Waals surface area contributed by atoms with E-state index in [1.165, 1.54) is 4.90 Å². The Labute approximate surface area is 191 Å². The van der Waals surface area contributed by atoms with Gasteiger partial charge in [0.15, 0.2) is 0 Å². The summed E-state index contributed by atoms with van der Waals surface area (Å²) in [4.78, 5) is 45.4. The molecule has 3 amide bonds. The number of carbonyl (C=O) groups excluding carboxylic acids is 3. The average molecular weight is 437 g/mol. The number of hydrogen-bond donors (Lipinski definition) is 1. The standard InChI is InChI=1S/C27H23N3O3/c1-15-11-12-19-18(14-15)27(26(33)28-19)23-22(21-10-5-13-29(21)27)24(31)30(25(23)32)20-9-4-7-16-6-2-3-8-17(16)20/h2-4,6-9,11-12,14,21-23H,5,10,13H2,1H3,(H,28,33)/t21-,22-,23+,27-/m1/s1. The van der Waals surface area contributed by atoms with E-state index >= 15 is 0 Å². The highest BCUT2D eigenvalue weighted by atomic mass is 16.2. The maximum absolute atomic E-state index is 14.2. The van der Waals surface area contributed by atoms with Crippen molar-refractivity contribution >= 4 is 39.9 Å². The lowest BCUT2D eigenvalue weighted by atomic mass is 9.75. The molecule has 1 spiro atoms. The molecule has 33 heavy (non-hydrogen) atoms. The van der Waals surface area contributed by atoms with Gasteiger partial charge in [0.25, 0.3) is 0 Å². The van der Waals surface area contributed by atoms with E-state index in [2.05, 4.69) is 10.2 Å². The molecule has 4 heterocycles. The molecular weight excluding hydrogens is 414 g/mol. The van der Waals surface area contributed by atoms with Crippen LogP contribution >= 0.6 is 0 Å². The average Bonchev–Trinajstić information content (AvgIpc) is 3.52. The predicted molar refractivity (Wildman–Crippen MR) is 125 cm³/mol. The van der Waals surface area contributed by atoms with Gasteiger partial charge < -0.3 is 5.32 Å². The summed E-state index contributed by atoms with van der Waals surface area (Å²) in [6.45, 7) is 2.71. The molecule has 4 atom stereocenters. The zero-order valence-electron chi connectivity index (χ0n) is 18.2. The summed E-state index contributed by atoms with van der Waals surface area (Å²) in [6, 6.07) is 19.3. The summed E-state index contributed by atoms with van der Waals surface area (Å²) >= 11 is 0. The van der Waals surface area contributed by atoms with Crippen molar-refractivity contribution in [3.63, 3.8) is 0 Å². The van der Waals surface area contributed by atoms with Crippen molar-refractivity contribution in [2.24, 2.45) is 11.8 Å². The van der Waals surface area contributed by atoms with Crippen molar-refractivity contribution in [1.29, 1.82) is 0 Å². The SMILES string of the molecule is Cc1ccc2c(c1)[C@]1(C(=O)N2)[C@@H]2C(=O)N(c3cccc4ccccc34)C(=O)[C@@H]2[C@H]2CCCN21. The first-order chi connectivity index (χ1) is 16.0. The maximum Gasteiger partial charge on any atom is 0.250 e. The fourth-order valence-electron chi connectivity index (χ4n) is 6.96. The Hall–Kier alpha value is -3.51. The molecule has 0 saturated carbocycles. The minimum atomic E-state index is -1.13. The predicted octanol–water partition coefficient (Wildman–Crippen LogP) is 3.58. The molecule has 0 radical (unpaired) electrons. The molecule has 0 aromatic heterocycles. The van der Waals surface area contributed by atoms with Crippen LogP contribution < -0.4 is 10.2 Å². The smallest absolute Gasteiger partial charge is 0.250 e. The van der Waals surface area contributed by atoms with E-state index in [1.807, 2.05) is 67.6 Å². The fourth-order valence-corrected chi connectivity index (χ4v) is 6.96. The van der Waals surface area contributed by atoms with E-state index in [9.17, 15) is 14.4 Å². The summed E-state index contributed by atoms with van der Waals surface area (Å²) in [6.07, 6.45) is 1.74. The van der Waals surface area contributed by atoms with E-state index in [4.69, 9.17) is 0 Å². The van der Waals surface area contributed by atoms with Crippen LogP contribution in [0.15, 0.2) is 60.7 Å². The topological polar surface area (TPSA) is 69.7 Å². The first-order valence-electron chi connectivity index (χ1n) is 11.6. The third-order valence-electron chi connectivity index (χ3n) is 8.16. The lowest BCUT2D eigenvalue weighted by Gasteiger charge is -2.36. The number of carbonyl (C=O) groups is 3. The molecule has 3 aromatic rings. The number of hydrogen-bond acceptors (Lipinski definition) is 4. The van der Waals surface area contributed by atoms with Crippen LogP contribution in [0.25, 0.3) is 10.8 Å². The van der Waals surface area contributed by atoms with Gasteiger partial charge in [0.2, 0.25) is 17.7 Å². The van der Waals surface area contributed by atoms with Crippen molar-refractivity contribution < 1.29 is 14.4 Å². The van der Waals surface area contributed by atoms with Gasteiger partial charge in [-0.3, -0.25) is 19.3 Å². The number of aryl methyl sites for hydroxylation is 1. The number of nitrogens with one attached hydrogen (secondary N) is 1. The molecule has 4 aliphatic heterocycles. The summed E-state index contributed by atoms with van der Waals surface area (Å²) in [5.41, 5.74) is 2.11. The second kappa shape index (κ2) is 6.29. The highest BCUT2D eigenvalue weighted by molar-refractivity contribution is 6.28. The third kappa shape index (κ3) is 2.15. The summed E-state index contributed by atoms with van der Waals surface area (Å²) in [5.74, 6) is -1.86. The molecule has 6 heteroatoms. The normalized spacial score (nSPS) is 30.3. The number of anilines is 2. The van der Waals surface area contributed by atoms with E-state index in [-0.39, 0.29) is 23.8 Å². The number of amides is 3. The minimum Gasteiger partial charge on any atom is -0.324 e. The van der Waals surface area contributed by atoms with Gasteiger partial charge in [-0.15, -0.1) is 0 Å². The van der Waals surface area contributed by atoms with E-state index < -0.39 is 17.4 Å². The molecule has 0 unspecified atom stereocenters. The maximum atomic E-state index is 14.2. The number of nitrogens with zero attached hydrogens (tertiary/aromatic N) is 2. The monoisotopic (exact) mass is 437 g/mol.